The number of nitrogens with zero attached hydrogens (tertiary/aromatic N) is 1. The van der Waals surface area contributed by atoms with Gasteiger partial charge in [-0.25, -0.2) is 9.59 Å². The molecule has 1 atom stereocenters. The van der Waals surface area contributed by atoms with E-state index in [0.717, 1.165) is 25.2 Å². The fraction of sp³-hybridized carbons (Fsp3) is 0.857. The van der Waals surface area contributed by atoms with E-state index >= 15 is 0 Å². The van der Waals surface area contributed by atoms with Gasteiger partial charge in [0.25, 0.3) is 0 Å². The maximum absolute atomic E-state index is 12.2. The molecule has 0 unspecified atom stereocenters. The molecule has 1 saturated carbocycles. The maximum Gasteiger partial charge on any atom is 0.317 e. The van der Waals surface area contributed by atoms with Crippen LogP contribution in [0.5, 0.6) is 0 Å². The van der Waals surface area contributed by atoms with Gasteiger partial charge in [-0.3, -0.25) is 0 Å². The van der Waals surface area contributed by atoms with Gasteiger partial charge in [0.05, 0.1) is 0 Å². The lowest BCUT2D eigenvalue weighted by Gasteiger charge is -2.29. The van der Waals surface area contributed by atoms with Crippen molar-refractivity contribution in [3.05, 3.63) is 0 Å². The van der Waals surface area contributed by atoms with E-state index in [2.05, 4.69) is 22.9 Å². The van der Waals surface area contributed by atoms with Crippen LogP contribution in [0.1, 0.15) is 39.0 Å². The first-order valence-electron chi connectivity index (χ1n) is 7.62. The standard InChI is InChI=1S/C14H26N4O2/c1-10-3-5-11(6-4-10)17-14(20)18-8-7-12(9-18)16-13(19)15-2/h10-12H,3-9H2,1-2H3,(H,17,20)(H2,15,16,19)/t10?,11?,12-/m1/s1. The van der Waals surface area contributed by atoms with E-state index in [0.29, 0.717) is 19.1 Å². The summed E-state index contributed by atoms with van der Waals surface area (Å²) in [6, 6.07) is 0.223. The van der Waals surface area contributed by atoms with Crippen LogP contribution in [0.15, 0.2) is 0 Å². The van der Waals surface area contributed by atoms with Crippen molar-refractivity contribution < 1.29 is 9.59 Å². The molecule has 1 aliphatic heterocycles. The minimum absolute atomic E-state index is 0.0192. The molecule has 1 heterocycles. The van der Waals surface area contributed by atoms with Crippen LogP contribution in [0.4, 0.5) is 9.59 Å². The van der Waals surface area contributed by atoms with E-state index in [1.54, 1.807) is 11.9 Å². The van der Waals surface area contributed by atoms with Crippen molar-refractivity contribution in [2.24, 2.45) is 5.92 Å². The smallest absolute Gasteiger partial charge is 0.317 e. The van der Waals surface area contributed by atoms with Crippen LogP contribution in [0.25, 0.3) is 0 Å². The second-order valence-corrected chi connectivity index (χ2v) is 6.06. The molecule has 4 amide bonds. The summed E-state index contributed by atoms with van der Waals surface area (Å²) < 4.78 is 0. The molecule has 1 aliphatic carbocycles. The summed E-state index contributed by atoms with van der Waals surface area (Å²) >= 11 is 0. The van der Waals surface area contributed by atoms with Crippen LogP contribution in [0, 0.1) is 5.92 Å². The van der Waals surface area contributed by atoms with Gasteiger partial charge in [0, 0.05) is 32.2 Å². The van der Waals surface area contributed by atoms with Crippen LogP contribution in [0.3, 0.4) is 0 Å². The first-order chi connectivity index (χ1) is 9.58. The highest BCUT2D eigenvalue weighted by Gasteiger charge is 2.29. The van der Waals surface area contributed by atoms with Gasteiger partial charge in [0.15, 0.2) is 0 Å². The first kappa shape index (κ1) is 14.9. The first-order valence-corrected chi connectivity index (χ1v) is 7.62. The monoisotopic (exact) mass is 282 g/mol. The molecule has 0 radical (unpaired) electrons. The van der Waals surface area contributed by atoms with Gasteiger partial charge >= 0.3 is 12.1 Å². The summed E-state index contributed by atoms with van der Waals surface area (Å²) in [4.78, 5) is 25.2. The molecule has 6 heteroatoms. The average Bonchev–Trinajstić information content (AvgIpc) is 2.89. The van der Waals surface area contributed by atoms with Crippen molar-refractivity contribution in [3.8, 4) is 0 Å². The topological polar surface area (TPSA) is 73.5 Å². The Morgan fingerprint density at radius 1 is 1.00 bits per heavy atom. The number of amides is 4. The van der Waals surface area contributed by atoms with E-state index in [9.17, 15) is 9.59 Å². The van der Waals surface area contributed by atoms with Gasteiger partial charge < -0.3 is 20.9 Å². The molecular weight excluding hydrogens is 256 g/mol. The number of rotatable bonds is 2. The van der Waals surface area contributed by atoms with E-state index in [1.165, 1.54) is 12.8 Å². The predicted molar refractivity (Wildman–Crippen MR) is 77.5 cm³/mol. The molecule has 6 nitrogen and oxygen atoms in total. The van der Waals surface area contributed by atoms with Crippen LogP contribution in [-0.4, -0.2) is 49.2 Å². The number of hydrogen-bond acceptors (Lipinski definition) is 2. The Labute approximate surface area is 120 Å². The Hall–Kier alpha value is -1.46. The van der Waals surface area contributed by atoms with E-state index < -0.39 is 0 Å². The van der Waals surface area contributed by atoms with Crippen molar-refractivity contribution in [3.63, 3.8) is 0 Å². The molecule has 0 aromatic rings. The number of nitrogens with one attached hydrogen (secondary N) is 3. The van der Waals surface area contributed by atoms with Gasteiger partial charge in [-0.1, -0.05) is 6.92 Å². The molecule has 0 aromatic carbocycles. The third kappa shape index (κ3) is 4.02. The molecule has 1 saturated heterocycles. The number of carbonyl (C=O) groups is 2. The van der Waals surface area contributed by atoms with Crippen LogP contribution < -0.4 is 16.0 Å². The normalized spacial score (nSPS) is 29.9. The lowest BCUT2D eigenvalue weighted by molar-refractivity contribution is 0.196. The molecular formula is C14H26N4O2. The number of urea groups is 2. The molecule has 0 aromatic heterocycles. The zero-order chi connectivity index (χ0) is 14.5. The molecule has 114 valence electrons. The fourth-order valence-electron chi connectivity index (χ4n) is 2.99. The van der Waals surface area contributed by atoms with Crippen molar-refractivity contribution >= 4 is 12.1 Å². The predicted octanol–water partition coefficient (Wildman–Crippen LogP) is 1.28. The Bertz CT molecular complexity index is 353. The summed E-state index contributed by atoms with van der Waals surface area (Å²) in [6.07, 6.45) is 5.39. The Balaban J connectivity index is 1.72. The van der Waals surface area contributed by atoms with Gasteiger partial charge in [0.1, 0.15) is 0 Å². The fourth-order valence-corrected chi connectivity index (χ4v) is 2.99. The zero-order valence-corrected chi connectivity index (χ0v) is 12.4. The summed E-state index contributed by atoms with van der Waals surface area (Å²) in [6.45, 7) is 3.58. The molecule has 20 heavy (non-hydrogen) atoms. The van der Waals surface area contributed by atoms with Gasteiger partial charge in [0.2, 0.25) is 0 Å². The summed E-state index contributed by atoms with van der Waals surface area (Å²) in [5, 5.41) is 8.52. The minimum Gasteiger partial charge on any atom is -0.341 e. The van der Waals surface area contributed by atoms with Crippen molar-refractivity contribution in [2.75, 3.05) is 20.1 Å². The van der Waals surface area contributed by atoms with Crippen LogP contribution >= 0.6 is 0 Å². The highest BCUT2D eigenvalue weighted by Crippen LogP contribution is 2.23. The van der Waals surface area contributed by atoms with E-state index in [4.69, 9.17) is 0 Å². The SMILES string of the molecule is CNC(=O)N[C@@H]1CCN(C(=O)NC2CCC(C)CC2)C1. The second kappa shape index (κ2) is 6.81. The average molecular weight is 282 g/mol. The number of likely N-dealkylation sites (tertiary alicyclic amines) is 1. The van der Waals surface area contributed by atoms with Gasteiger partial charge in [-0.05, 0) is 38.0 Å². The van der Waals surface area contributed by atoms with Crippen molar-refractivity contribution in [1.82, 2.24) is 20.9 Å². The third-order valence-corrected chi connectivity index (χ3v) is 4.38. The summed E-state index contributed by atoms with van der Waals surface area (Å²) in [5.41, 5.74) is 0. The van der Waals surface area contributed by atoms with Crippen molar-refractivity contribution in [2.45, 2.75) is 51.1 Å². The molecule has 2 aliphatic rings. The second-order valence-electron chi connectivity index (χ2n) is 6.06. The maximum atomic E-state index is 12.2. The third-order valence-electron chi connectivity index (χ3n) is 4.38. The lowest BCUT2D eigenvalue weighted by Crippen LogP contribution is -2.47. The van der Waals surface area contributed by atoms with Gasteiger partial charge in [-0.15, -0.1) is 0 Å². The molecule has 3 N–H and O–H groups in total. The van der Waals surface area contributed by atoms with E-state index in [-0.39, 0.29) is 18.1 Å². The summed E-state index contributed by atoms with van der Waals surface area (Å²) in [7, 11) is 1.60. The van der Waals surface area contributed by atoms with Crippen molar-refractivity contribution in [1.29, 1.82) is 0 Å². The highest BCUT2D eigenvalue weighted by atomic mass is 16.2. The minimum atomic E-state index is -0.182. The van der Waals surface area contributed by atoms with E-state index in [1.807, 2.05) is 0 Å². The zero-order valence-electron chi connectivity index (χ0n) is 12.4. The van der Waals surface area contributed by atoms with Crippen LogP contribution in [0.2, 0.25) is 0 Å². The molecule has 0 spiro atoms. The number of carbonyl (C=O) groups excluding carboxylic acids is 2. The van der Waals surface area contributed by atoms with Gasteiger partial charge in [-0.2, -0.15) is 0 Å². The van der Waals surface area contributed by atoms with Crippen LogP contribution in [-0.2, 0) is 0 Å². The highest BCUT2D eigenvalue weighted by molar-refractivity contribution is 5.76. The number of hydrogen-bond donors (Lipinski definition) is 3. The molecule has 2 rings (SSSR count). The summed E-state index contributed by atoms with van der Waals surface area (Å²) in [5.74, 6) is 0.788. The largest absolute Gasteiger partial charge is 0.341 e. The molecule has 2 fully saturated rings. The Kier molecular flexibility index (Phi) is 5.09. The molecule has 0 bridgehead atoms. The Morgan fingerprint density at radius 3 is 2.35 bits per heavy atom. The quantitative estimate of drug-likeness (QED) is 0.714. The lowest BCUT2D eigenvalue weighted by atomic mass is 9.87. The Morgan fingerprint density at radius 2 is 1.70 bits per heavy atom.